The number of halogens is 3. The number of alkyl halides is 3. The maximum atomic E-state index is 12.7. The van der Waals surface area contributed by atoms with Crippen molar-refractivity contribution in [2.24, 2.45) is 0 Å². The van der Waals surface area contributed by atoms with E-state index in [9.17, 15) is 27.6 Å². The van der Waals surface area contributed by atoms with Crippen molar-refractivity contribution in [1.29, 1.82) is 0 Å². The van der Waals surface area contributed by atoms with Crippen molar-refractivity contribution in [3.63, 3.8) is 0 Å². The van der Waals surface area contributed by atoms with Crippen LogP contribution in [0.1, 0.15) is 50.6 Å². The van der Waals surface area contributed by atoms with Crippen LogP contribution in [0, 0.1) is 0 Å². The molecule has 30 heavy (non-hydrogen) atoms. The number of benzene rings is 1. The standard InChI is InChI=1S/C20H19F3N2O4S/c1-3-29-19(28)16-14-8-9-25(11(2)26)10-15(14)30-18(16)24-17(27)12-4-6-13(7-5-12)20(21,22)23/h4-7H,3,8-10H2,1-2H3,(H,24,27). The Morgan fingerprint density at radius 1 is 1.20 bits per heavy atom. The fraction of sp³-hybridized carbons (Fsp3) is 0.350. The van der Waals surface area contributed by atoms with Gasteiger partial charge >= 0.3 is 12.1 Å². The number of hydrogen-bond donors (Lipinski definition) is 1. The van der Waals surface area contributed by atoms with Gasteiger partial charge in [-0.15, -0.1) is 11.3 Å². The van der Waals surface area contributed by atoms with Crippen molar-refractivity contribution < 1.29 is 32.3 Å². The minimum atomic E-state index is -4.50. The van der Waals surface area contributed by atoms with E-state index >= 15 is 0 Å². The minimum absolute atomic E-state index is 0.0227. The summed E-state index contributed by atoms with van der Waals surface area (Å²) in [5, 5.41) is 2.88. The van der Waals surface area contributed by atoms with Gasteiger partial charge in [0, 0.05) is 23.9 Å². The Bertz CT molecular complexity index is 983. The molecule has 1 aliphatic rings. The molecule has 0 saturated carbocycles. The van der Waals surface area contributed by atoms with Crippen LogP contribution in [0.25, 0.3) is 0 Å². The van der Waals surface area contributed by atoms with E-state index < -0.39 is 23.6 Å². The van der Waals surface area contributed by atoms with Gasteiger partial charge in [-0.05, 0) is 43.2 Å². The first kappa shape index (κ1) is 21.8. The second-order valence-corrected chi connectivity index (χ2v) is 7.75. The van der Waals surface area contributed by atoms with E-state index in [0.29, 0.717) is 19.5 Å². The Hall–Kier alpha value is -2.88. The SMILES string of the molecule is CCOC(=O)c1c(NC(=O)c2ccc(C(F)(F)F)cc2)sc2c1CCN(C(C)=O)C2. The lowest BCUT2D eigenvalue weighted by molar-refractivity contribution is -0.137. The lowest BCUT2D eigenvalue weighted by atomic mass is 10.0. The maximum absolute atomic E-state index is 12.7. The molecule has 6 nitrogen and oxygen atoms in total. The van der Waals surface area contributed by atoms with Crippen LogP contribution < -0.4 is 5.32 Å². The van der Waals surface area contributed by atoms with Gasteiger partial charge in [0.25, 0.3) is 5.91 Å². The molecule has 0 atom stereocenters. The van der Waals surface area contributed by atoms with Crippen LogP contribution in [-0.4, -0.2) is 35.8 Å². The third kappa shape index (κ3) is 4.48. The zero-order chi connectivity index (χ0) is 22.1. The monoisotopic (exact) mass is 440 g/mol. The molecule has 2 heterocycles. The van der Waals surface area contributed by atoms with Gasteiger partial charge in [-0.3, -0.25) is 9.59 Å². The Balaban J connectivity index is 1.90. The van der Waals surface area contributed by atoms with E-state index in [2.05, 4.69) is 5.32 Å². The molecule has 0 spiro atoms. The number of carbonyl (C=O) groups is 3. The number of ether oxygens (including phenoxy) is 1. The van der Waals surface area contributed by atoms with Crippen LogP contribution in [0.15, 0.2) is 24.3 Å². The summed E-state index contributed by atoms with van der Waals surface area (Å²) >= 11 is 1.16. The molecule has 2 aromatic rings. The zero-order valence-corrected chi connectivity index (χ0v) is 17.1. The van der Waals surface area contributed by atoms with Gasteiger partial charge in [0.1, 0.15) is 5.00 Å². The Kier molecular flexibility index (Phi) is 6.16. The number of thiophene rings is 1. The largest absolute Gasteiger partial charge is 0.462 e. The summed E-state index contributed by atoms with van der Waals surface area (Å²) in [5.41, 5.74) is 0.121. The van der Waals surface area contributed by atoms with Crippen molar-refractivity contribution >= 4 is 34.1 Å². The highest BCUT2D eigenvalue weighted by atomic mass is 32.1. The highest BCUT2D eigenvalue weighted by Gasteiger charge is 2.32. The Morgan fingerprint density at radius 2 is 1.87 bits per heavy atom. The summed E-state index contributed by atoms with van der Waals surface area (Å²) in [4.78, 5) is 39.2. The molecular formula is C20H19F3N2O4S. The summed E-state index contributed by atoms with van der Waals surface area (Å²) in [6.07, 6.45) is -4.06. The van der Waals surface area contributed by atoms with Crippen molar-refractivity contribution in [3.05, 3.63) is 51.4 Å². The predicted octanol–water partition coefficient (Wildman–Crippen LogP) is 4.10. The minimum Gasteiger partial charge on any atom is -0.462 e. The number of carbonyl (C=O) groups excluding carboxylic acids is 3. The highest BCUT2D eigenvalue weighted by molar-refractivity contribution is 7.17. The third-order valence-electron chi connectivity index (χ3n) is 4.68. The molecular weight excluding hydrogens is 421 g/mol. The van der Waals surface area contributed by atoms with E-state index in [1.807, 2.05) is 0 Å². The number of nitrogens with zero attached hydrogens (tertiary/aromatic N) is 1. The van der Waals surface area contributed by atoms with Crippen molar-refractivity contribution in [2.75, 3.05) is 18.5 Å². The third-order valence-corrected chi connectivity index (χ3v) is 5.82. The Morgan fingerprint density at radius 3 is 2.43 bits per heavy atom. The topological polar surface area (TPSA) is 75.7 Å². The van der Waals surface area contributed by atoms with Crippen molar-refractivity contribution in [1.82, 2.24) is 4.90 Å². The van der Waals surface area contributed by atoms with Gasteiger partial charge in [-0.2, -0.15) is 13.2 Å². The molecule has 1 aliphatic heterocycles. The lowest BCUT2D eigenvalue weighted by Gasteiger charge is -2.25. The summed E-state index contributed by atoms with van der Waals surface area (Å²) in [7, 11) is 0. The molecule has 0 bridgehead atoms. The summed E-state index contributed by atoms with van der Waals surface area (Å²) in [6.45, 7) is 4.03. The number of anilines is 1. The van der Waals surface area contributed by atoms with Crippen LogP contribution in [0.3, 0.4) is 0 Å². The van der Waals surface area contributed by atoms with Gasteiger partial charge in [0.2, 0.25) is 5.91 Å². The smallest absolute Gasteiger partial charge is 0.416 e. The number of hydrogen-bond acceptors (Lipinski definition) is 5. The molecule has 0 radical (unpaired) electrons. The first-order valence-corrected chi connectivity index (χ1v) is 9.99. The van der Waals surface area contributed by atoms with Crippen LogP contribution in [-0.2, 0) is 28.7 Å². The predicted molar refractivity (Wildman–Crippen MR) is 104 cm³/mol. The summed E-state index contributed by atoms with van der Waals surface area (Å²) in [6, 6.07) is 3.80. The number of nitrogens with one attached hydrogen (secondary N) is 1. The second-order valence-electron chi connectivity index (χ2n) is 6.65. The average molecular weight is 440 g/mol. The average Bonchev–Trinajstić information content (AvgIpc) is 3.04. The normalized spacial score (nSPS) is 13.6. The van der Waals surface area contributed by atoms with Crippen LogP contribution in [0.5, 0.6) is 0 Å². The van der Waals surface area contributed by atoms with E-state index in [0.717, 1.165) is 46.0 Å². The molecule has 1 aromatic heterocycles. The molecule has 10 heteroatoms. The van der Waals surface area contributed by atoms with Crippen LogP contribution >= 0.6 is 11.3 Å². The van der Waals surface area contributed by atoms with Crippen molar-refractivity contribution in [2.45, 2.75) is 33.0 Å². The molecule has 0 fully saturated rings. The van der Waals surface area contributed by atoms with E-state index in [-0.39, 0.29) is 28.6 Å². The fourth-order valence-corrected chi connectivity index (χ4v) is 4.41. The van der Waals surface area contributed by atoms with Gasteiger partial charge in [0.05, 0.1) is 24.3 Å². The summed E-state index contributed by atoms with van der Waals surface area (Å²) in [5.74, 6) is -1.33. The Labute approximate surface area is 174 Å². The van der Waals surface area contributed by atoms with Gasteiger partial charge in [-0.25, -0.2) is 4.79 Å². The van der Waals surface area contributed by atoms with Gasteiger partial charge in [-0.1, -0.05) is 0 Å². The molecule has 3 rings (SSSR count). The van der Waals surface area contributed by atoms with E-state index in [4.69, 9.17) is 4.74 Å². The lowest BCUT2D eigenvalue weighted by Crippen LogP contribution is -2.34. The quantitative estimate of drug-likeness (QED) is 0.727. The number of esters is 1. The van der Waals surface area contributed by atoms with Gasteiger partial charge in [0.15, 0.2) is 0 Å². The number of fused-ring (bicyclic) bond motifs is 1. The van der Waals surface area contributed by atoms with Crippen molar-refractivity contribution in [3.8, 4) is 0 Å². The molecule has 0 saturated heterocycles. The van der Waals surface area contributed by atoms with Gasteiger partial charge < -0.3 is 15.0 Å². The highest BCUT2D eigenvalue weighted by Crippen LogP contribution is 2.38. The second kappa shape index (κ2) is 8.47. The van der Waals surface area contributed by atoms with E-state index in [1.165, 1.54) is 6.92 Å². The molecule has 1 aromatic carbocycles. The molecule has 1 N–H and O–H groups in total. The number of amides is 2. The van der Waals surface area contributed by atoms with Crippen LogP contribution in [0.2, 0.25) is 0 Å². The summed E-state index contributed by atoms with van der Waals surface area (Å²) < 4.78 is 43.3. The fourth-order valence-electron chi connectivity index (χ4n) is 3.17. The molecule has 0 unspecified atom stereocenters. The first-order chi connectivity index (χ1) is 14.1. The zero-order valence-electron chi connectivity index (χ0n) is 16.3. The molecule has 0 aliphatic carbocycles. The first-order valence-electron chi connectivity index (χ1n) is 9.17. The number of rotatable bonds is 4. The van der Waals surface area contributed by atoms with Crippen LogP contribution in [0.4, 0.5) is 18.2 Å². The molecule has 2 amide bonds. The molecule has 160 valence electrons. The van der Waals surface area contributed by atoms with E-state index in [1.54, 1.807) is 11.8 Å². The maximum Gasteiger partial charge on any atom is 0.416 e.